The second-order valence-electron chi connectivity index (χ2n) is 9.46. The van der Waals surface area contributed by atoms with Gasteiger partial charge in [-0.1, -0.05) is 0 Å². The van der Waals surface area contributed by atoms with Crippen molar-refractivity contribution in [1.82, 2.24) is 24.8 Å². The maximum Gasteiger partial charge on any atom is 0.417 e. The molecule has 0 radical (unpaired) electrons. The van der Waals surface area contributed by atoms with Gasteiger partial charge in [0.2, 0.25) is 0 Å². The molecule has 10 nitrogen and oxygen atoms in total. The number of carbonyl (C=O) groups excluding carboxylic acids is 1. The number of thiophene rings is 1. The highest BCUT2D eigenvalue weighted by Gasteiger charge is 2.37. The molecular weight excluding hydrogens is 533 g/mol. The molecule has 4 aromatic rings. The number of primary amides is 1. The average molecular weight is 561 g/mol. The fourth-order valence-corrected chi connectivity index (χ4v) is 5.73. The SMILES string of the molecule is Cn1cncc1-c1ccc(C(O)CNC2CCN(c3cc(C(F)(F)F)c4c(N)c(C(N)=O)sc4n3)CC2)nc1. The summed E-state index contributed by atoms with van der Waals surface area (Å²) >= 11 is 0.763. The minimum atomic E-state index is -4.68. The number of aliphatic hydroxyl groups is 1. The maximum atomic E-state index is 13.9. The van der Waals surface area contributed by atoms with Gasteiger partial charge >= 0.3 is 6.18 Å². The Labute approximate surface area is 225 Å². The molecule has 39 heavy (non-hydrogen) atoms. The summed E-state index contributed by atoms with van der Waals surface area (Å²) in [7, 11) is 1.89. The van der Waals surface area contributed by atoms with Gasteiger partial charge < -0.3 is 31.4 Å². The number of nitrogen functional groups attached to an aromatic ring is 1. The van der Waals surface area contributed by atoms with Crippen molar-refractivity contribution in [2.24, 2.45) is 12.8 Å². The van der Waals surface area contributed by atoms with Crippen LogP contribution in [0.4, 0.5) is 24.7 Å². The number of aryl methyl sites for hydroxylation is 1. The molecule has 0 aromatic carbocycles. The summed E-state index contributed by atoms with van der Waals surface area (Å²) in [6.45, 7) is 1.21. The van der Waals surface area contributed by atoms with Crippen LogP contribution in [-0.2, 0) is 13.2 Å². The van der Waals surface area contributed by atoms with Gasteiger partial charge in [0.05, 0.1) is 35.2 Å². The van der Waals surface area contributed by atoms with Crippen molar-refractivity contribution in [2.45, 2.75) is 31.2 Å². The third-order valence-electron chi connectivity index (χ3n) is 6.87. The van der Waals surface area contributed by atoms with Gasteiger partial charge in [0.15, 0.2) is 0 Å². The number of rotatable bonds is 7. The van der Waals surface area contributed by atoms with Crippen molar-refractivity contribution in [2.75, 3.05) is 30.3 Å². The minimum Gasteiger partial charge on any atom is -0.397 e. The van der Waals surface area contributed by atoms with E-state index in [-0.39, 0.29) is 39.2 Å². The summed E-state index contributed by atoms with van der Waals surface area (Å²) < 4.78 is 43.5. The molecular formula is C25H27F3N8O2S. The predicted molar refractivity (Wildman–Crippen MR) is 142 cm³/mol. The number of fused-ring (bicyclic) bond motifs is 1. The van der Waals surface area contributed by atoms with Crippen LogP contribution in [0.25, 0.3) is 21.5 Å². The number of piperidine rings is 1. The number of nitrogens with two attached hydrogens (primary N) is 2. The molecule has 0 spiro atoms. The molecule has 0 saturated carbocycles. The first kappa shape index (κ1) is 26.8. The Hall–Kier alpha value is -3.75. The van der Waals surface area contributed by atoms with Crippen LogP contribution >= 0.6 is 11.3 Å². The number of nitrogens with zero attached hydrogens (tertiary/aromatic N) is 5. The van der Waals surface area contributed by atoms with Gasteiger partial charge in [0, 0.05) is 49.9 Å². The monoisotopic (exact) mass is 560 g/mol. The normalized spacial score (nSPS) is 15.7. The molecule has 1 aliphatic rings. The van der Waals surface area contributed by atoms with E-state index >= 15 is 0 Å². The number of nitrogens with one attached hydrogen (secondary N) is 1. The van der Waals surface area contributed by atoms with Gasteiger partial charge in [-0.2, -0.15) is 13.2 Å². The number of aliphatic hydroxyl groups excluding tert-OH is 1. The third kappa shape index (κ3) is 5.40. The van der Waals surface area contributed by atoms with E-state index in [2.05, 4.69) is 20.3 Å². The molecule has 1 fully saturated rings. The molecule has 14 heteroatoms. The van der Waals surface area contributed by atoms with Gasteiger partial charge in [-0.25, -0.2) is 9.97 Å². The van der Waals surface area contributed by atoms with Crippen LogP contribution in [0.2, 0.25) is 0 Å². The van der Waals surface area contributed by atoms with Crippen LogP contribution in [0.1, 0.15) is 39.9 Å². The first-order valence-corrected chi connectivity index (χ1v) is 13.0. The minimum absolute atomic E-state index is 0.0245. The summed E-state index contributed by atoms with van der Waals surface area (Å²) in [5, 5.41) is 13.7. The number of amides is 1. The Bertz CT molecular complexity index is 1490. The van der Waals surface area contributed by atoms with E-state index in [9.17, 15) is 23.1 Å². The number of imidazole rings is 1. The molecule has 6 N–H and O–H groups in total. The number of hydrogen-bond acceptors (Lipinski definition) is 9. The van der Waals surface area contributed by atoms with Crippen molar-refractivity contribution in [1.29, 1.82) is 0 Å². The Morgan fingerprint density at radius 2 is 2.03 bits per heavy atom. The molecule has 0 aliphatic carbocycles. The van der Waals surface area contributed by atoms with Crippen LogP contribution in [0, 0.1) is 0 Å². The Balaban J connectivity index is 1.22. The first-order chi connectivity index (χ1) is 18.5. The van der Waals surface area contributed by atoms with Crippen LogP contribution < -0.4 is 21.7 Å². The molecule has 206 valence electrons. The zero-order chi connectivity index (χ0) is 27.9. The number of hydrogen-bond donors (Lipinski definition) is 4. The summed E-state index contributed by atoms with van der Waals surface area (Å²) in [6.07, 6.45) is 0.924. The molecule has 1 atom stereocenters. The van der Waals surface area contributed by atoms with E-state index in [1.165, 1.54) is 0 Å². The van der Waals surface area contributed by atoms with E-state index in [1.54, 1.807) is 29.7 Å². The topological polar surface area (TPSA) is 148 Å². The van der Waals surface area contributed by atoms with Crippen LogP contribution in [-0.4, -0.2) is 56.2 Å². The first-order valence-electron chi connectivity index (χ1n) is 12.2. The van der Waals surface area contributed by atoms with E-state index in [0.717, 1.165) is 28.7 Å². The second kappa shape index (κ2) is 10.4. The van der Waals surface area contributed by atoms with Crippen molar-refractivity contribution in [3.8, 4) is 11.3 Å². The molecule has 5 rings (SSSR count). The Morgan fingerprint density at radius 3 is 2.62 bits per heavy atom. The number of aromatic nitrogens is 4. The quantitative estimate of drug-likeness (QED) is 0.270. The zero-order valence-corrected chi connectivity index (χ0v) is 21.8. The summed E-state index contributed by atoms with van der Waals surface area (Å²) in [4.78, 5) is 26.2. The molecule has 1 amide bonds. The Kier molecular flexibility index (Phi) is 7.18. The van der Waals surface area contributed by atoms with Crippen LogP contribution in [0.3, 0.4) is 0 Å². The van der Waals surface area contributed by atoms with Crippen LogP contribution in [0.15, 0.2) is 36.9 Å². The van der Waals surface area contributed by atoms with E-state index < -0.39 is 23.8 Å². The maximum absolute atomic E-state index is 13.9. The van der Waals surface area contributed by atoms with E-state index in [1.807, 2.05) is 17.7 Å². The van der Waals surface area contributed by atoms with Gasteiger partial charge in [-0.3, -0.25) is 9.78 Å². The molecule has 1 saturated heterocycles. The fraction of sp³-hybridized carbons (Fsp3) is 0.360. The lowest BCUT2D eigenvalue weighted by molar-refractivity contribution is -0.136. The van der Waals surface area contributed by atoms with Gasteiger partial charge in [-0.05, 0) is 31.0 Å². The number of pyridine rings is 2. The van der Waals surface area contributed by atoms with Crippen molar-refractivity contribution in [3.05, 3.63) is 53.1 Å². The van der Waals surface area contributed by atoms with Gasteiger partial charge in [0.25, 0.3) is 5.91 Å². The van der Waals surface area contributed by atoms with Gasteiger partial charge in [-0.15, -0.1) is 11.3 Å². The molecule has 4 aromatic heterocycles. The standard InChI is InChI=1S/C25H27F3N8O2S/c1-35-12-31-10-17(35)13-2-3-16(33-9-13)18(37)11-32-14-4-6-36(7-5-14)19-8-15(25(26,27)28)20-21(29)22(23(30)38)39-24(20)34-19/h2-3,8-10,12,14,18,32,37H,4-7,11,29H2,1H3,(H2,30,38). The largest absolute Gasteiger partial charge is 0.417 e. The van der Waals surface area contributed by atoms with Crippen LogP contribution in [0.5, 0.6) is 0 Å². The second-order valence-corrected chi connectivity index (χ2v) is 10.5. The molecule has 1 aliphatic heterocycles. The summed E-state index contributed by atoms with van der Waals surface area (Å²) in [5.74, 6) is -0.720. The fourth-order valence-electron chi connectivity index (χ4n) is 4.76. The third-order valence-corrected chi connectivity index (χ3v) is 7.99. The number of carbonyl (C=O) groups is 1. The molecule has 5 heterocycles. The highest BCUT2D eigenvalue weighted by molar-refractivity contribution is 7.21. The zero-order valence-electron chi connectivity index (χ0n) is 20.9. The van der Waals surface area contributed by atoms with Crippen molar-refractivity contribution in [3.63, 3.8) is 0 Å². The lowest BCUT2D eigenvalue weighted by Crippen LogP contribution is -2.44. The van der Waals surface area contributed by atoms with E-state index in [0.29, 0.717) is 31.6 Å². The van der Waals surface area contributed by atoms with Crippen molar-refractivity contribution >= 4 is 39.0 Å². The Morgan fingerprint density at radius 1 is 1.28 bits per heavy atom. The highest BCUT2D eigenvalue weighted by Crippen LogP contribution is 2.43. The predicted octanol–water partition coefficient (Wildman–Crippen LogP) is 3.08. The lowest BCUT2D eigenvalue weighted by atomic mass is 10.0. The lowest BCUT2D eigenvalue weighted by Gasteiger charge is -2.34. The van der Waals surface area contributed by atoms with Crippen molar-refractivity contribution < 1.29 is 23.1 Å². The molecule has 1 unspecified atom stereocenters. The number of halogens is 3. The highest BCUT2D eigenvalue weighted by atomic mass is 32.1. The number of alkyl halides is 3. The molecule has 0 bridgehead atoms. The number of anilines is 2. The summed E-state index contributed by atoms with van der Waals surface area (Å²) in [5.41, 5.74) is 12.2. The summed E-state index contributed by atoms with van der Waals surface area (Å²) in [6, 6.07) is 4.70. The van der Waals surface area contributed by atoms with Gasteiger partial charge in [0.1, 0.15) is 21.6 Å². The van der Waals surface area contributed by atoms with E-state index in [4.69, 9.17) is 11.5 Å². The average Bonchev–Trinajstić information content (AvgIpc) is 3.49. The smallest absolute Gasteiger partial charge is 0.397 e.